The van der Waals surface area contributed by atoms with Gasteiger partial charge in [0.2, 0.25) is 21.8 Å². The van der Waals surface area contributed by atoms with Crippen molar-refractivity contribution in [1.29, 1.82) is 0 Å². The summed E-state index contributed by atoms with van der Waals surface area (Å²) in [5.41, 5.74) is 1.05. The molecule has 0 heterocycles. The predicted octanol–water partition coefficient (Wildman–Crippen LogP) is 5.10. The van der Waals surface area contributed by atoms with Crippen molar-refractivity contribution in [2.24, 2.45) is 0 Å². The first-order chi connectivity index (χ1) is 20.5. The van der Waals surface area contributed by atoms with E-state index in [1.54, 1.807) is 24.3 Å². The third-order valence-corrected chi connectivity index (χ3v) is 9.04. The van der Waals surface area contributed by atoms with Crippen LogP contribution in [-0.2, 0) is 32.6 Å². The lowest BCUT2D eigenvalue weighted by molar-refractivity contribution is -0.384. The van der Waals surface area contributed by atoms with Crippen LogP contribution in [-0.4, -0.2) is 54.9 Å². The van der Waals surface area contributed by atoms with E-state index >= 15 is 0 Å². The first-order valence-corrected chi connectivity index (χ1v) is 16.3. The number of non-ortho nitro benzene ring substituents is 1. The number of carbonyl (C=O) groups excluding carboxylic acids is 2. The molecule has 12 heteroatoms. The van der Waals surface area contributed by atoms with Gasteiger partial charge in [-0.15, -0.1) is 0 Å². The Balaban J connectivity index is 1.74. The topological polar surface area (TPSA) is 130 Å². The van der Waals surface area contributed by atoms with E-state index in [-0.39, 0.29) is 36.3 Å². The number of amides is 2. The van der Waals surface area contributed by atoms with Crippen LogP contribution in [0, 0.1) is 10.1 Å². The second-order valence-corrected chi connectivity index (χ2v) is 13.0. The Morgan fingerprint density at radius 3 is 2.33 bits per heavy atom. The number of nitrogens with zero attached hydrogens (tertiary/aromatic N) is 3. The highest BCUT2D eigenvalue weighted by Gasteiger charge is 2.34. The van der Waals surface area contributed by atoms with Crippen molar-refractivity contribution in [1.82, 2.24) is 10.2 Å². The van der Waals surface area contributed by atoms with E-state index in [4.69, 9.17) is 11.6 Å². The van der Waals surface area contributed by atoms with Gasteiger partial charge in [-0.2, -0.15) is 0 Å². The number of carbonyl (C=O) groups is 2. The molecule has 1 N–H and O–H groups in total. The monoisotopic (exact) mass is 626 g/mol. The smallest absolute Gasteiger partial charge is 0.271 e. The molecule has 2 amide bonds. The third-order valence-electron chi connectivity index (χ3n) is 7.53. The van der Waals surface area contributed by atoms with Crippen LogP contribution in [0.5, 0.6) is 0 Å². The summed E-state index contributed by atoms with van der Waals surface area (Å²) >= 11 is 6.49. The Bertz CT molecular complexity index is 1550. The van der Waals surface area contributed by atoms with E-state index in [9.17, 15) is 28.1 Å². The number of sulfonamides is 1. The maximum absolute atomic E-state index is 14.2. The van der Waals surface area contributed by atoms with Crippen LogP contribution in [0.1, 0.15) is 43.2 Å². The van der Waals surface area contributed by atoms with Gasteiger partial charge in [0.25, 0.3) is 5.69 Å². The molecular formula is C31H35ClN4O6S. The number of hydrogen-bond donors (Lipinski definition) is 1. The van der Waals surface area contributed by atoms with Crippen LogP contribution in [0.2, 0.25) is 5.02 Å². The van der Waals surface area contributed by atoms with Crippen molar-refractivity contribution >= 4 is 44.8 Å². The molecule has 10 nitrogen and oxygen atoms in total. The van der Waals surface area contributed by atoms with E-state index in [0.717, 1.165) is 54.3 Å². The van der Waals surface area contributed by atoms with Crippen LogP contribution < -0.4 is 9.62 Å². The minimum absolute atomic E-state index is 0.0193. The minimum Gasteiger partial charge on any atom is -0.352 e. The predicted molar refractivity (Wildman–Crippen MR) is 166 cm³/mol. The lowest BCUT2D eigenvalue weighted by Crippen LogP contribution is -2.55. The van der Waals surface area contributed by atoms with Crippen molar-refractivity contribution in [2.75, 3.05) is 17.1 Å². The summed E-state index contributed by atoms with van der Waals surface area (Å²) in [6.07, 6.45) is 5.91. The van der Waals surface area contributed by atoms with Crippen molar-refractivity contribution < 1.29 is 22.9 Å². The summed E-state index contributed by atoms with van der Waals surface area (Å²) in [7, 11) is -4.06. The van der Waals surface area contributed by atoms with Gasteiger partial charge in [-0.25, -0.2) is 8.42 Å². The summed E-state index contributed by atoms with van der Waals surface area (Å²) in [4.78, 5) is 40.3. The molecule has 43 heavy (non-hydrogen) atoms. The fourth-order valence-corrected chi connectivity index (χ4v) is 6.32. The van der Waals surface area contributed by atoms with Gasteiger partial charge in [-0.1, -0.05) is 85.5 Å². The second-order valence-electron chi connectivity index (χ2n) is 10.7. The molecule has 0 unspecified atom stereocenters. The summed E-state index contributed by atoms with van der Waals surface area (Å²) in [6.45, 7) is -0.729. The van der Waals surface area contributed by atoms with E-state index < -0.39 is 33.4 Å². The number of nitrogens with one attached hydrogen (secondary N) is 1. The van der Waals surface area contributed by atoms with Crippen molar-refractivity contribution in [3.8, 4) is 0 Å². The Morgan fingerprint density at radius 2 is 1.67 bits per heavy atom. The van der Waals surface area contributed by atoms with Gasteiger partial charge in [-0.05, 0) is 36.1 Å². The van der Waals surface area contributed by atoms with Crippen LogP contribution in [0.4, 0.5) is 11.4 Å². The number of halogens is 1. The number of nitro groups is 1. The van der Waals surface area contributed by atoms with Gasteiger partial charge in [0.15, 0.2) is 0 Å². The number of anilines is 1. The molecule has 0 aliphatic heterocycles. The molecule has 0 saturated heterocycles. The molecule has 1 saturated carbocycles. The average molecular weight is 627 g/mol. The Morgan fingerprint density at radius 1 is 1.00 bits per heavy atom. The quantitative estimate of drug-likeness (QED) is 0.220. The fraction of sp³-hybridized carbons (Fsp3) is 0.355. The molecule has 4 rings (SSSR count). The highest BCUT2D eigenvalue weighted by molar-refractivity contribution is 7.92. The zero-order valence-electron chi connectivity index (χ0n) is 23.9. The molecule has 1 aliphatic rings. The third kappa shape index (κ3) is 8.77. The largest absolute Gasteiger partial charge is 0.352 e. The maximum atomic E-state index is 14.2. The molecule has 0 radical (unpaired) electrons. The maximum Gasteiger partial charge on any atom is 0.271 e. The second kappa shape index (κ2) is 14.5. The Hall–Kier alpha value is -3.96. The molecule has 0 bridgehead atoms. The summed E-state index contributed by atoms with van der Waals surface area (Å²) < 4.78 is 26.7. The molecular weight excluding hydrogens is 592 g/mol. The summed E-state index contributed by atoms with van der Waals surface area (Å²) in [6, 6.07) is 20.3. The zero-order valence-corrected chi connectivity index (χ0v) is 25.5. The van der Waals surface area contributed by atoms with Crippen molar-refractivity contribution in [3.63, 3.8) is 0 Å². The van der Waals surface area contributed by atoms with Crippen molar-refractivity contribution in [3.05, 3.63) is 105 Å². The highest BCUT2D eigenvalue weighted by Crippen LogP contribution is 2.26. The van der Waals surface area contributed by atoms with Crippen LogP contribution >= 0.6 is 11.6 Å². The fourth-order valence-electron chi connectivity index (χ4n) is 5.28. The number of rotatable bonds is 12. The van der Waals surface area contributed by atoms with Crippen LogP contribution in [0.3, 0.4) is 0 Å². The van der Waals surface area contributed by atoms with Crippen molar-refractivity contribution in [2.45, 2.75) is 57.2 Å². The number of hydrogen-bond acceptors (Lipinski definition) is 6. The van der Waals surface area contributed by atoms with E-state index in [1.165, 1.54) is 23.1 Å². The van der Waals surface area contributed by atoms with Gasteiger partial charge >= 0.3 is 0 Å². The lowest BCUT2D eigenvalue weighted by Gasteiger charge is -2.35. The standard InChI is InChI=1S/C31H35ClN4O6S/c1-43(41,42)35(26-16-10-17-27(20-26)36(39)40)22-30(37)34(21-24-13-8-9-18-28(24)32)29(19-23-11-4-2-5-12-23)31(38)33-25-14-6-3-7-15-25/h2,4-5,8-13,16-18,20,25,29H,3,6-7,14-15,19,21-22H2,1H3,(H,33,38)/t29-/m1/s1. The molecule has 3 aromatic carbocycles. The van der Waals surface area contributed by atoms with Gasteiger partial charge in [0, 0.05) is 36.2 Å². The highest BCUT2D eigenvalue weighted by atomic mass is 35.5. The van der Waals surface area contributed by atoms with E-state index in [1.807, 2.05) is 30.3 Å². The summed E-state index contributed by atoms with van der Waals surface area (Å²) in [5.74, 6) is -0.992. The molecule has 228 valence electrons. The van der Waals surface area contributed by atoms with Gasteiger partial charge in [0.05, 0.1) is 16.9 Å². The molecule has 3 aromatic rings. The minimum atomic E-state index is -4.06. The van der Waals surface area contributed by atoms with Crippen LogP contribution in [0.25, 0.3) is 0 Å². The zero-order chi connectivity index (χ0) is 31.0. The first kappa shape index (κ1) is 32.0. The SMILES string of the molecule is CS(=O)(=O)N(CC(=O)N(Cc1ccccc1Cl)[C@H](Cc1ccccc1)C(=O)NC1CCCCC1)c1cccc([N+](=O)[O-])c1. The van der Waals surface area contributed by atoms with Gasteiger partial charge in [0.1, 0.15) is 12.6 Å². The van der Waals surface area contributed by atoms with Gasteiger partial charge in [-0.3, -0.25) is 24.0 Å². The number of benzene rings is 3. The number of nitro benzene ring substituents is 1. The molecule has 0 aromatic heterocycles. The average Bonchev–Trinajstić information content (AvgIpc) is 2.99. The first-order valence-electron chi connectivity index (χ1n) is 14.1. The van der Waals surface area contributed by atoms with E-state index in [2.05, 4.69) is 5.32 Å². The van der Waals surface area contributed by atoms with Gasteiger partial charge < -0.3 is 10.2 Å². The Labute approximate surface area is 256 Å². The summed E-state index contributed by atoms with van der Waals surface area (Å²) in [5, 5.41) is 14.9. The van der Waals surface area contributed by atoms with E-state index in [0.29, 0.717) is 10.6 Å². The molecule has 1 fully saturated rings. The molecule has 0 spiro atoms. The Kier molecular flexibility index (Phi) is 10.8. The van der Waals surface area contributed by atoms with Crippen LogP contribution in [0.15, 0.2) is 78.9 Å². The lowest BCUT2D eigenvalue weighted by atomic mass is 9.94. The molecule has 1 aliphatic carbocycles. The normalized spacial score (nSPS) is 14.5. The molecule has 1 atom stereocenters.